The highest BCUT2D eigenvalue weighted by atomic mass is 32.1. The Kier molecular flexibility index (Phi) is 3.94. The lowest BCUT2D eigenvalue weighted by atomic mass is 10.1. The van der Waals surface area contributed by atoms with Crippen LogP contribution in [0.15, 0.2) is 23.8 Å². The fourth-order valence-corrected chi connectivity index (χ4v) is 1.90. The Bertz CT molecular complexity index is 676. The van der Waals surface area contributed by atoms with Crippen molar-refractivity contribution in [1.29, 1.82) is 0 Å². The summed E-state index contributed by atoms with van der Waals surface area (Å²) in [6, 6.07) is 3.85. The SMILES string of the molecule is COc1ccc([N+](=O)[O-])cc1C=C1C(=O)NC(=S)NC1=O. The first-order valence-electron chi connectivity index (χ1n) is 5.63. The number of carbonyl (C=O) groups excluding carboxylic acids is 2. The quantitative estimate of drug-likeness (QED) is 0.277. The fourth-order valence-electron chi connectivity index (χ4n) is 1.71. The van der Waals surface area contributed by atoms with Crippen molar-refractivity contribution in [3.8, 4) is 5.75 Å². The van der Waals surface area contributed by atoms with E-state index in [4.69, 9.17) is 4.74 Å². The van der Waals surface area contributed by atoms with Crippen LogP contribution >= 0.6 is 12.2 Å². The van der Waals surface area contributed by atoms with Gasteiger partial charge in [0.15, 0.2) is 5.11 Å². The van der Waals surface area contributed by atoms with Crippen LogP contribution in [-0.2, 0) is 9.59 Å². The normalized spacial score (nSPS) is 14.3. The predicted molar refractivity (Wildman–Crippen MR) is 76.5 cm³/mol. The van der Waals surface area contributed by atoms with Gasteiger partial charge in [0.05, 0.1) is 12.0 Å². The number of hydrogen-bond acceptors (Lipinski definition) is 6. The van der Waals surface area contributed by atoms with E-state index in [0.717, 1.165) is 0 Å². The number of nitrogens with one attached hydrogen (secondary N) is 2. The number of ether oxygens (including phenoxy) is 1. The molecule has 1 aliphatic rings. The molecule has 9 heteroatoms. The van der Waals surface area contributed by atoms with Crippen LogP contribution in [0.3, 0.4) is 0 Å². The third-order valence-corrected chi connectivity index (χ3v) is 2.87. The fraction of sp³-hybridized carbons (Fsp3) is 0.0833. The summed E-state index contributed by atoms with van der Waals surface area (Å²) in [6.07, 6.45) is 1.21. The van der Waals surface area contributed by atoms with Crippen LogP contribution in [0.2, 0.25) is 0 Å². The number of non-ortho nitro benzene ring substituents is 1. The zero-order valence-corrected chi connectivity index (χ0v) is 11.5. The Morgan fingerprint density at radius 2 is 1.90 bits per heavy atom. The van der Waals surface area contributed by atoms with Crippen LogP contribution in [-0.4, -0.2) is 29.0 Å². The summed E-state index contributed by atoms with van der Waals surface area (Å²) >= 11 is 4.68. The highest BCUT2D eigenvalue weighted by Crippen LogP contribution is 2.26. The summed E-state index contributed by atoms with van der Waals surface area (Å²) < 4.78 is 5.06. The van der Waals surface area contributed by atoms with E-state index in [9.17, 15) is 19.7 Å². The smallest absolute Gasteiger partial charge is 0.270 e. The van der Waals surface area contributed by atoms with Gasteiger partial charge in [-0.15, -0.1) is 0 Å². The summed E-state index contributed by atoms with van der Waals surface area (Å²) in [4.78, 5) is 33.7. The number of amides is 2. The van der Waals surface area contributed by atoms with Crippen LogP contribution in [0.25, 0.3) is 6.08 Å². The topological polar surface area (TPSA) is 111 Å². The maximum absolute atomic E-state index is 11.7. The zero-order valence-electron chi connectivity index (χ0n) is 10.7. The molecule has 0 aromatic heterocycles. The molecule has 0 saturated carbocycles. The minimum Gasteiger partial charge on any atom is -0.496 e. The first kappa shape index (κ1) is 14.6. The van der Waals surface area contributed by atoms with Crippen molar-refractivity contribution in [2.24, 2.45) is 0 Å². The molecule has 0 spiro atoms. The van der Waals surface area contributed by atoms with Gasteiger partial charge >= 0.3 is 0 Å². The molecule has 0 radical (unpaired) electrons. The van der Waals surface area contributed by atoms with Crippen molar-refractivity contribution in [2.45, 2.75) is 0 Å². The van der Waals surface area contributed by atoms with Gasteiger partial charge in [-0.25, -0.2) is 0 Å². The number of carbonyl (C=O) groups is 2. The maximum Gasteiger partial charge on any atom is 0.270 e. The molecule has 8 nitrogen and oxygen atoms in total. The summed E-state index contributed by atoms with van der Waals surface area (Å²) in [5.74, 6) is -1.07. The molecule has 1 aromatic rings. The van der Waals surface area contributed by atoms with Gasteiger partial charge in [-0.3, -0.25) is 30.3 Å². The predicted octanol–water partition coefficient (Wildman–Crippen LogP) is 0.518. The number of methoxy groups -OCH3 is 1. The Hall–Kier alpha value is -2.81. The van der Waals surface area contributed by atoms with Crippen molar-refractivity contribution >= 4 is 40.9 Å². The molecule has 1 fully saturated rings. The van der Waals surface area contributed by atoms with Gasteiger partial charge in [0, 0.05) is 17.7 Å². The second-order valence-corrected chi connectivity index (χ2v) is 4.39. The average Bonchev–Trinajstić information content (AvgIpc) is 2.42. The molecule has 0 aliphatic carbocycles. The van der Waals surface area contributed by atoms with E-state index in [-0.39, 0.29) is 21.9 Å². The molecule has 1 heterocycles. The highest BCUT2D eigenvalue weighted by Gasteiger charge is 2.26. The van der Waals surface area contributed by atoms with Gasteiger partial charge in [-0.2, -0.15) is 0 Å². The minimum absolute atomic E-state index is 0.0897. The lowest BCUT2D eigenvalue weighted by molar-refractivity contribution is -0.384. The third-order valence-electron chi connectivity index (χ3n) is 2.67. The lowest BCUT2D eigenvalue weighted by Gasteiger charge is -2.16. The third kappa shape index (κ3) is 3.03. The van der Waals surface area contributed by atoms with E-state index in [2.05, 4.69) is 22.9 Å². The minimum atomic E-state index is -0.683. The van der Waals surface area contributed by atoms with Crippen LogP contribution < -0.4 is 15.4 Å². The van der Waals surface area contributed by atoms with Crippen LogP contribution in [0.5, 0.6) is 5.75 Å². The van der Waals surface area contributed by atoms with Gasteiger partial charge < -0.3 is 4.74 Å². The van der Waals surface area contributed by atoms with E-state index in [1.54, 1.807) is 0 Å². The molecular formula is C12H9N3O5S. The summed E-state index contributed by atoms with van der Waals surface area (Å²) in [5, 5.41) is 15.2. The molecule has 2 amide bonds. The van der Waals surface area contributed by atoms with Gasteiger partial charge in [-0.05, 0) is 24.4 Å². The van der Waals surface area contributed by atoms with Crippen LogP contribution in [0.4, 0.5) is 5.69 Å². The summed E-state index contributed by atoms with van der Waals surface area (Å²) in [6.45, 7) is 0. The molecule has 108 valence electrons. The molecular weight excluding hydrogens is 298 g/mol. The molecule has 0 bridgehead atoms. The molecule has 2 rings (SSSR count). The Morgan fingerprint density at radius 3 is 2.43 bits per heavy atom. The van der Waals surface area contributed by atoms with Crippen molar-refractivity contribution < 1.29 is 19.2 Å². The van der Waals surface area contributed by atoms with Crippen LogP contribution in [0, 0.1) is 10.1 Å². The van der Waals surface area contributed by atoms with Gasteiger partial charge in [0.2, 0.25) is 0 Å². The van der Waals surface area contributed by atoms with E-state index in [1.165, 1.54) is 31.4 Å². The number of nitro benzene ring substituents is 1. The molecule has 21 heavy (non-hydrogen) atoms. The number of thiocarbonyl (C=S) groups is 1. The Labute approximate surface area is 123 Å². The van der Waals surface area contributed by atoms with Crippen molar-refractivity contribution in [1.82, 2.24) is 10.6 Å². The molecule has 1 aliphatic heterocycles. The number of nitro groups is 1. The van der Waals surface area contributed by atoms with E-state index < -0.39 is 16.7 Å². The number of hydrogen-bond donors (Lipinski definition) is 2. The van der Waals surface area contributed by atoms with Gasteiger partial charge in [0.1, 0.15) is 11.3 Å². The standard InChI is InChI=1S/C12H9N3O5S/c1-20-9-3-2-7(15(18)19)4-6(9)5-8-10(16)13-12(21)14-11(8)17/h2-5H,1H3,(H2,13,14,16,17,21). The van der Waals surface area contributed by atoms with Gasteiger partial charge in [-0.1, -0.05) is 0 Å². The summed E-state index contributed by atoms with van der Waals surface area (Å²) in [7, 11) is 1.37. The number of nitrogens with zero attached hydrogens (tertiary/aromatic N) is 1. The van der Waals surface area contributed by atoms with E-state index >= 15 is 0 Å². The highest BCUT2D eigenvalue weighted by molar-refractivity contribution is 7.80. The van der Waals surface area contributed by atoms with Crippen molar-refractivity contribution in [3.63, 3.8) is 0 Å². The average molecular weight is 307 g/mol. The molecule has 2 N–H and O–H groups in total. The van der Waals surface area contributed by atoms with Crippen LogP contribution in [0.1, 0.15) is 5.56 Å². The molecule has 0 unspecified atom stereocenters. The second kappa shape index (κ2) is 5.67. The first-order valence-corrected chi connectivity index (χ1v) is 6.04. The monoisotopic (exact) mass is 307 g/mol. The molecule has 1 saturated heterocycles. The second-order valence-electron chi connectivity index (χ2n) is 3.98. The van der Waals surface area contributed by atoms with Crippen molar-refractivity contribution in [2.75, 3.05) is 7.11 Å². The lowest BCUT2D eigenvalue weighted by Crippen LogP contribution is -2.51. The Balaban J connectivity index is 2.50. The number of benzene rings is 1. The maximum atomic E-state index is 11.7. The molecule has 1 aromatic carbocycles. The largest absolute Gasteiger partial charge is 0.496 e. The van der Waals surface area contributed by atoms with E-state index in [1.807, 2.05) is 0 Å². The Morgan fingerprint density at radius 1 is 1.29 bits per heavy atom. The van der Waals surface area contributed by atoms with Gasteiger partial charge in [0.25, 0.3) is 17.5 Å². The first-order chi connectivity index (χ1) is 9.92. The van der Waals surface area contributed by atoms with Crippen molar-refractivity contribution in [3.05, 3.63) is 39.4 Å². The number of rotatable bonds is 3. The van der Waals surface area contributed by atoms with E-state index in [0.29, 0.717) is 5.75 Å². The zero-order chi connectivity index (χ0) is 15.6. The summed E-state index contributed by atoms with van der Waals surface area (Å²) in [5.41, 5.74) is -0.169. The molecule has 0 atom stereocenters.